The van der Waals surface area contributed by atoms with Crippen LogP contribution in [0, 0.1) is 19.3 Å². The molecule has 0 heterocycles. The monoisotopic (exact) mass is 270 g/mol. The third-order valence-corrected chi connectivity index (χ3v) is 3.19. The Bertz CT molecular complexity index is 651. The zero-order valence-corrected chi connectivity index (χ0v) is 11.9. The third-order valence-electron chi connectivity index (χ3n) is 3.19. The maximum absolute atomic E-state index is 7.60. The van der Waals surface area contributed by atoms with Crippen molar-refractivity contribution in [1.29, 1.82) is 5.41 Å². The first kappa shape index (κ1) is 13.9. The maximum atomic E-state index is 7.60. The number of hydrogen-bond acceptors (Lipinski definition) is 3. The molecule has 0 bridgehead atoms. The van der Waals surface area contributed by atoms with Crippen LogP contribution < -0.4 is 15.2 Å². The van der Waals surface area contributed by atoms with E-state index >= 15 is 0 Å². The summed E-state index contributed by atoms with van der Waals surface area (Å²) >= 11 is 0. The highest BCUT2D eigenvalue weighted by atomic mass is 16.5. The van der Waals surface area contributed by atoms with Gasteiger partial charge in [0.25, 0.3) is 0 Å². The van der Waals surface area contributed by atoms with E-state index in [9.17, 15) is 0 Å². The standard InChI is InChI=1S/C16H18N2O2/c1-10-4-5-13(8-11(10)2)20-15-9-12(19-3)6-7-14(15)16(17)18/h4-9H,1-3H3,(H3,17,18). The smallest absolute Gasteiger partial charge is 0.142 e. The molecule has 0 aliphatic rings. The maximum Gasteiger partial charge on any atom is 0.142 e. The summed E-state index contributed by atoms with van der Waals surface area (Å²) in [6.45, 7) is 4.07. The Morgan fingerprint density at radius 2 is 1.70 bits per heavy atom. The van der Waals surface area contributed by atoms with Crippen LogP contribution in [0.4, 0.5) is 0 Å². The summed E-state index contributed by atoms with van der Waals surface area (Å²) in [5.41, 5.74) is 8.47. The molecule has 0 unspecified atom stereocenters. The van der Waals surface area contributed by atoms with Gasteiger partial charge in [0.05, 0.1) is 12.7 Å². The van der Waals surface area contributed by atoms with E-state index in [2.05, 4.69) is 0 Å². The summed E-state index contributed by atoms with van der Waals surface area (Å²) in [5, 5.41) is 7.60. The van der Waals surface area contributed by atoms with Crippen LogP contribution in [0.5, 0.6) is 17.2 Å². The van der Waals surface area contributed by atoms with E-state index in [0.717, 1.165) is 5.56 Å². The lowest BCUT2D eigenvalue weighted by molar-refractivity contribution is 0.409. The van der Waals surface area contributed by atoms with Gasteiger partial charge in [0.15, 0.2) is 0 Å². The second-order valence-corrected chi connectivity index (χ2v) is 4.62. The van der Waals surface area contributed by atoms with Gasteiger partial charge in [-0.05, 0) is 49.2 Å². The Balaban J connectivity index is 2.40. The molecule has 0 spiro atoms. The number of rotatable bonds is 4. The molecule has 0 aromatic heterocycles. The Kier molecular flexibility index (Phi) is 3.94. The Morgan fingerprint density at radius 1 is 1.00 bits per heavy atom. The minimum absolute atomic E-state index is 0.0357. The van der Waals surface area contributed by atoms with Gasteiger partial charge in [-0.1, -0.05) is 6.07 Å². The average molecular weight is 270 g/mol. The largest absolute Gasteiger partial charge is 0.497 e. The highest BCUT2D eigenvalue weighted by Gasteiger charge is 2.10. The van der Waals surface area contributed by atoms with Gasteiger partial charge in [0.2, 0.25) is 0 Å². The molecule has 2 aromatic rings. The molecule has 0 radical (unpaired) electrons. The van der Waals surface area contributed by atoms with E-state index in [0.29, 0.717) is 22.8 Å². The van der Waals surface area contributed by atoms with Gasteiger partial charge in [0.1, 0.15) is 23.1 Å². The highest BCUT2D eigenvalue weighted by molar-refractivity contribution is 5.97. The second kappa shape index (κ2) is 5.65. The topological polar surface area (TPSA) is 68.3 Å². The number of hydrogen-bond donors (Lipinski definition) is 2. The van der Waals surface area contributed by atoms with Crippen molar-refractivity contribution in [3.63, 3.8) is 0 Å². The Labute approximate surface area is 118 Å². The first-order valence-corrected chi connectivity index (χ1v) is 6.29. The van der Waals surface area contributed by atoms with Crippen LogP contribution in [0.3, 0.4) is 0 Å². The fraction of sp³-hybridized carbons (Fsp3) is 0.188. The van der Waals surface area contributed by atoms with Gasteiger partial charge >= 0.3 is 0 Å². The van der Waals surface area contributed by atoms with Crippen LogP contribution >= 0.6 is 0 Å². The van der Waals surface area contributed by atoms with Crippen molar-refractivity contribution in [2.45, 2.75) is 13.8 Å². The van der Waals surface area contributed by atoms with Crippen LogP contribution in [-0.4, -0.2) is 12.9 Å². The molecule has 0 saturated heterocycles. The number of benzene rings is 2. The number of methoxy groups -OCH3 is 1. The van der Waals surface area contributed by atoms with Crippen molar-refractivity contribution in [3.8, 4) is 17.2 Å². The summed E-state index contributed by atoms with van der Waals surface area (Å²) in [7, 11) is 1.59. The van der Waals surface area contributed by atoms with Crippen molar-refractivity contribution in [3.05, 3.63) is 53.1 Å². The van der Waals surface area contributed by atoms with Crippen molar-refractivity contribution in [2.75, 3.05) is 7.11 Å². The van der Waals surface area contributed by atoms with Gasteiger partial charge in [-0.25, -0.2) is 0 Å². The second-order valence-electron chi connectivity index (χ2n) is 4.62. The van der Waals surface area contributed by atoms with Crippen molar-refractivity contribution in [1.82, 2.24) is 0 Å². The number of nitrogen functional groups attached to an aromatic ring is 1. The summed E-state index contributed by atoms with van der Waals surface area (Å²) in [5.74, 6) is 1.85. The fourth-order valence-corrected chi connectivity index (χ4v) is 1.84. The third kappa shape index (κ3) is 2.91. The zero-order valence-electron chi connectivity index (χ0n) is 11.9. The molecule has 4 nitrogen and oxygen atoms in total. The minimum Gasteiger partial charge on any atom is -0.497 e. The molecule has 104 valence electrons. The predicted molar refractivity (Wildman–Crippen MR) is 80.0 cm³/mol. The SMILES string of the molecule is COc1ccc(C(=N)N)c(Oc2ccc(C)c(C)c2)c1. The molecule has 0 saturated carbocycles. The van der Waals surface area contributed by atoms with Crippen LogP contribution in [0.1, 0.15) is 16.7 Å². The van der Waals surface area contributed by atoms with Gasteiger partial charge in [-0.3, -0.25) is 5.41 Å². The summed E-state index contributed by atoms with van der Waals surface area (Å²) < 4.78 is 11.0. The Morgan fingerprint density at radius 3 is 2.30 bits per heavy atom. The van der Waals surface area contributed by atoms with Gasteiger partial charge in [0, 0.05) is 6.07 Å². The van der Waals surface area contributed by atoms with Gasteiger partial charge < -0.3 is 15.2 Å². The molecule has 0 atom stereocenters. The van der Waals surface area contributed by atoms with E-state index in [-0.39, 0.29) is 5.84 Å². The van der Waals surface area contributed by atoms with Gasteiger partial charge in [-0.15, -0.1) is 0 Å². The first-order valence-electron chi connectivity index (χ1n) is 6.29. The molecule has 0 aliphatic carbocycles. The lowest BCUT2D eigenvalue weighted by atomic mass is 10.1. The molecular formula is C16H18N2O2. The normalized spacial score (nSPS) is 10.2. The van der Waals surface area contributed by atoms with Crippen molar-refractivity contribution in [2.24, 2.45) is 5.73 Å². The first-order chi connectivity index (χ1) is 9.51. The lowest BCUT2D eigenvalue weighted by Gasteiger charge is -2.13. The molecular weight excluding hydrogens is 252 g/mol. The van der Waals surface area contributed by atoms with E-state index < -0.39 is 0 Å². The lowest BCUT2D eigenvalue weighted by Crippen LogP contribution is -2.12. The number of nitrogens with one attached hydrogen (secondary N) is 1. The highest BCUT2D eigenvalue weighted by Crippen LogP contribution is 2.30. The fourth-order valence-electron chi connectivity index (χ4n) is 1.84. The molecule has 0 aliphatic heterocycles. The van der Waals surface area contributed by atoms with Crippen molar-refractivity contribution >= 4 is 5.84 Å². The molecule has 0 fully saturated rings. The Hall–Kier alpha value is -2.49. The van der Waals surface area contributed by atoms with E-state index in [4.69, 9.17) is 20.6 Å². The predicted octanol–water partition coefficient (Wildman–Crippen LogP) is 3.39. The molecule has 20 heavy (non-hydrogen) atoms. The number of ether oxygens (including phenoxy) is 2. The molecule has 2 aromatic carbocycles. The molecule has 3 N–H and O–H groups in total. The number of nitrogens with two attached hydrogens (primary N) is 1. The molecule has 4 heteroatoms. The summed E-state index contributed by atoms with van der Waals surface area (Å²) in [6, 6.07) is 11.1. The molecule has 2 rings (SSSR count). The summed E-state index contributed by atoms with van der Waals surface area (Å²) in [6.07, 6.45) is 0. The minimum atomic E-state index is -0.0357. The van der Waals surface area contributed by atoms with Gasteiger partial charge in [-0.2, -0.15) is 0 Å². The van der Waals surface area contributed by atoms with E-state index in [1.54, 1.807) is 25.3 Å². The average Bonchev–Trinajstić information content (AvgIpc) is 2.42. The van der Waals surface area contributed by atoms with Crippen LogP contribution in [0.2, 0.25) is 0 Å². The van der Waals surface area contributed by atoms with Crippen LogP contribution in [0.25, 0.3) is 0 Å². The zero-order chi connectivity index (χ0) is 14.7. The quantitative estimate of drug-likeness (QED) is 0.661. The van der Waals surface area contributed by atoms with Crippen molar-refractivity contribution < 1.29 is 9.47 Å². The van der Waals surface area contributed by atoms with Crippen LogP contribution in [0.15, 0.2) is 36.4 Å². The van der Waals surface area contributed by atoms with E-state index in [1.807, 2.05) is 32.0 Å². The van der Waals surface area contributed by atoms with Crippen LogP contribution in [-0.2, 0) is 0 Å². The number of amidine groups is 1. The molecule has 0 amide bonds. The number of aryl methyl sites for hydroxylation is 2. The summed E-state index contributed by atoms with van der Waals surface area (Å²) in [4.78, 5) is 0. The van der Waals surface area contributed by atoms with E-state index in [1.165, 1.54) is 5.56 Å².